The lowest BCUT2D eigenvalue weighted by Crippen LogP contribution is -2.39. The summed E-state index contributed by atoms with van der Waals surface area (Å²) >= 11 is 0. The summed E-state index contributed by atoms with van der Waals surface area (Å²) in [4.78, 5) is 15.7. The SMILES string of the molecule is Cc1nc(C(=O)NCC2(O)CCc3ccccc32)no1. The van der Waals surface area contributed by atoms with E-state index in [0.717, 1.165) is 17.5 Å². The molecule has 1 aliphatic carbocycles. The van der Waals surface area contributed by atoms with E-state index in [1.165, 1.54) is 0 Å². The summed E-state index contributed by atoms with van der Waals surface area (Å²) < 4.78 is 4.75. The Balaban J connectivity index is 1.71. The monoisotopic (exact) mass is 273 g/mol. The Morgan fingerprint density at radius 2 is 2.30 bits per heavy atom. The van der Waals surface area contributed by atoms with Crippen molar-refractivity contribution < 1.29 is 14.4 Å². The largest absolute Gasteiger partial charge is 0.383 e. The van der Waals surface area contributed by atoms with E-state index in [9.17, 15) is 9.90 Å². The van der Waals surface area contributed by atoms with Crippen LogP contribution in [0.2, 0.25) is 0 Å². The van der Waals surface area contributed by atoms with Gasteiger partial charge in [-0.15, -0.1) is 0 Å². The van der Waals surface area contributed by atoms with Crippen LogP contribution in [-0.2, 0) is 12.0 Å². The van der Waals surface area contributed by atoms with Gasteiger partial charge < -0.3 is 14.9 Å². The van der Waals surface area contributed by atoms with Gasteiger partial charge in [-0.25, -0.2) is 0 Å². The van der Waals surface area contributed by atoms with Crippen LogP contribution in [0.3, 0.4) is 0 Å². The molecule has 0 saturated carbocycles. The fourth-order valence-corrected chi connectivity index (χ4v) is 2.55. The summed E-state index contributed by atoms with van der Waals surface area (Å²) in [7, 11) is 0. The molecule has 0 fully saturated rings. The Morgan fingerprint density at radius 1 is 1.50 bits per heavy atom. The first-order chi connectivity index (χ1) is 9.58. The maximum Gasteiger partial charge on any atom is 0.292 e. The molecule has 6 heteroatoms. The van der Waals surface area contributed by atoms with Crippen LogP contribution in [0.4, 0.5) is 0 Å². The molecule has 0 aliphatic heterocycles. The van der Waals surface area contributed by atoms with Crippen LogP contribution in [0.25, 0.3) is 0 Å². The van der Waals surface area contributed by atoms with Gasteiger partial charge in [0.1, 0.15) is 5.60 Å². The van der Waals surface area contributed by atoms with Crippen LogP contribution in [0.1, 0.15) is 34.1 Å². The highest BCUT2D eigenvalue weighted by atomic mass is 16.5. The summed E-state index contributed by atoms with van der Waals surface area (Å²) in [5.74, 6) is -0.128. The van der Waals surface area contributed by atoms with Gasteiger partial charge in [-0.1, -0.05) is 29.4 Å². The number of aliphatic hydroxyl groups is 1. The molecular formula is C14H15N3O3. The second kappa shape index (κ2) is 4.72. The lowest BCUT2D eigenvalue weighted by Gasteiger charge is -2.24. The molecule has 3 rings (SSSR count). The third-order valence-corrected chi connectivity index (χ3v) is 3.60. The molecule has 20 heavy (non-hydrogen) atoms. The van der Waals surface area contributed by atoms with E-state index in [-0.39, 0.29) is 12.4 Å². The number of fused-ring (bicyclic) bond motifs is 1. The number of carbonyl (C=O) groups is 1. The van der Waals surface area contributed by atoms with E-state index in [1.807, 2.05) is 24.3 Å². The third kappa shape index (κ3) is 2.18. The number of benzene rings is 1. The van der Waals surface area contributed by atoms with Gasteiger partial charge in [-0.3, -0.25) is 4.79 Å². The van der Waals surface area contributed by atoms with Crippen LogP contribution in [0.15, 0.2) is 28.8 Å². The molecule has 0 radical (unpaired) electrons. The molecule has 2 N–H and O–H groups in total. The fourth-order valence-electron chi connectivity index (χ4n) is 2.55. The van der Waals surface area contributed by atoms with Crippen LogP contribution in [0, 0.1) is 6.92 Å². The molecule has 6 nitrogen and oxygen atoms in total. The number of nitrogens with zero attached hydrogens (tertiary/aromatic N) is 2. The molecule has 104 valence electrons. The van der Waals surface area contributed by atoms with Crippen LogP contribution in [0.5, 0.6) is 0 Å². The summed E-state index contributed by atoms with van der Waals surface area (Å²) in [5, 5.41) is 16.9. The molecule has 1 amide bonds. The maximum atomic E-state index is 11.9. The average Bonchev–Trinajstić information content (AvgIpc) is 3.02. The average molecular weight is 273 g/mol. The van der Waals surface area contributed by atoms with E-state index >= 15 is 0 Å². The molecule has 2 aromatic rings. The lowest BCUT2D eigenvalue weighted by atomic mass is 9.96. The molecule has 0 saturated heterocycles. The van der Waals surface area contributed by atoms with Crippen molar-refractivity contribution in [2.45, 2.75) is 25.4 Å². The molecule has 1 aliphatic rings. The zero-order valence-corrected chi connectivity index (χ0v) is 11.1. The quantitative estimate of drug-likeness (QED) is 0.869. The second-order valence-corrected chi connectivity index (χ2v) is 5.01. The molecule has 1 heterocycles. The predicted octanol–water partition coefficient (Wildman–Crippen LogP) is 0.942. The van der Waals surface area contributed by atoms with E-state index in [4.69, 9.17) is 4.52 Å². The molecule has 1 unspecified atom stereocenters. The van der Waals surface area contributed by atoms with Crippen LogP contribution >= 0.6 is 0 Å². The highest BCUT2D eigenvalue weighted by molar-refractivity contribution is 5.90. The normalized spacial score (nSPS) is 20.7. The van der Waals surface area contributed by atoms with E-state index in [1.54, 1.807) is 6.92 Å². The Labute approximate surface area is 115 Å². The van der Waals surface area contributed by atoms with Gasteiger partial charge in [-0.05, 0) is 24.0 Å². The van der Waals surface area contributed by atoms with Gasteiger partial charge in [0.25, 0.3) is 11.7 Å². The van der Waals surface area contributed by atoms with Crippen LogP contribution in [-0.4, -0.2) is 27.7 Å². The standard InChI is InChI=1S/C14H15N3O3/c1-9-16-12(17-20-9)13(18)15-8-14(19)7-6-10-4-2-3-5-11(10)14/h2-5,19H,6-8H2,1H3,(H,15,18). The first-order valence-corrected chi connectivity index (χ1v) is 6.48. The van der Waals surface area contributed by atoms with Gasteiger partial charge in [-0.2, -0.15) is 4.98 Å². The number of hydrogen-bond acceptors (Lipinski definition) is 5. The van der Waals surface area contributed by atoms with Gasteiger partial charge in [0.15, 0.2) is 0 Å². The molecule has 1 aromatic carbocycles. The lowest BCUT2D eigenvalue weighted by molar-refractivity contribution is 0.0367. The minimum absolute atomic E-state index is 0.0163. The van der Waals surface area contributed by atoms with Crippen molar-refractivity contribution in [3.05, 3.63) is 47.1 Å². The van der Waals surface area contributed by atoms with Gasteiger partial charge in [0, 0.05) is 6.92 Å². The number of nitrogens with one attached hydrogen (secondary N) is 1. The first-order valence-electron chi connectivity index (χ1n) is 6.48. The van der Waals surface area contributed by atoms with Crippen molar-refractivity contribution in [3.63, 3.8) is 0 Å². The first kappa shape index (κ1) is 12.8. The van der Waals surface area contributed by atoms with Crippen molar-refractivity contribution >= 4 is 5.91 Å². The maximum absolute atomic E-state index is 11.9. The summed E-state index contributed by atoms with van der Waals surface area (Å²) in [5.41, 5.74) is 0.981. The molecule has 1 atom stereocenters. The minimum Gasteiger partial charge on any atom is -0.383 e. The molecular weight excluding hydrogens is 258 g/mol. The fraction of sp³-hybridized carbons (Fsp3) is 0.357. The van der Waals surface area contributed by atoms with Gasteiger partial charge in [0.05, 0.1) is 6.54 Å². The number of aromatic nitrogens is 2. The minimum atomic E-state index is -1.02. The number of aryl methyl sites for hydroxylation is 2. The van der Waals surface area contributed by atoms with Gasteiger partial charge in [0.2, 0.25) is 5.89 Å². The smallest absolute Gasteiger partial charge is 0.292 e. The number of carbonyl (C=O) groups excluding carboxylic acids is 1. The Bertz CT molecular complexity index is 653. The molecule has 0 spiro atoms. The highest BCUT2D eigenvalue weighted by Gasteiger charge is 2.36. The molecule has 0 bridgehead atoms. The third-order valence-electron chi connectivity index (χ3n) is 3.60. The Kier molecular flexibility index (Phi) is 3.02. The Hall–Kier alpha value is -2.21. The van der Waals surface area contributed by atoms with Gasteiger partial charge >= 0.3 is 0 Å². The number of hydrogen-bond donors (Lipinski definition) is 2. The van der Waals surface area contributed by atoms with Crippen molar-refractivity contribution in [2.24, 2.45) is 0 Å². The second-order valence-electron chi connectivity index (χ2n) is 5.01. The van der Waals surface area contributed by atoms with E-state index in [0.29, 0.717) is 12.3 Å². The van der Waals surface area contributed by atoms with E-state index < -0.39 is 11.5 Å². The van der Waals surface area contributed by atoms with Crippen molar-refractivity contribution in [3.8, 4) is 0 Å². The van der Waals surface area contributed by atoms with Crippen molar-refractivity contribution in [1.29, 1.82) is 0 Å². The number of rotatable bonds is 3. The molecule has 1 aromatic heterocycles. The van der Waals surface area contributed by atoms with Crippen LogP contribution < -0.4 is 5.32 Å². The van der Waals surface area contributed by atoms with E-state index in [2.05, 4.69) is 15.5 Å². The highest BCUT2D eigenvalue weighted by Crippen LogP contribution is 2.36. The van der Waals surface area contributed by atoms with Crippen molar-refractivity contribution in [2.75, 3.05) is 6.54 Å². The predicted molar refractivity (Wildman–Crippen MR) is 70.0 cm³/mol. The Morgan fingerprint density at radius 3 is 3.05 bits per heavy atom. The summed E-state index contributed by atoms with van der Waals surface area (Å²) in [6.45, 7) is 1.75. The van der Waals surface area contributed by atoms with Crippen molar-refractivity contribution in [1.82, 2.24) is 15.5 Å². The summed E-state index contributed by atoms with van der Waals surface area (Å²) in [6, 6.07) is 7.73. The topological polar surface area (TPSA) is 88.2 Å². The zero-order chi connectivity index (χ0) is 14.2. The number of amides is 1. The zero-order valence-electron chi connectivity index (χ0n) is 11.1. The summed E-state index contributed by atoms with van der Waals surface area (Å²) in [6.07, 6.45) is 1.40.